The summed E-state index contributed by atoms with van der Waals surface area (Å²) in [7, 11) is 1.61. The molecule has 1 fully saturated rings. The van der Waals surface area contributed by atoms with Gasteiger partial charge in [0.2, 0.25) is 5.91 Å². The molecule has 1 amide bonds. The lowest BCUT2D eigenvalue weighted by molar-refractivity contribution is -0.116. The average Bonchev–Trinajstić information content (AvgIpc) is 2.90. The SMILES string of the molecule is COc1ccccc1NC(=O)CCN1CCCC1.Cl. The van der Waals surface area contributed by atoms with Gasteiger partial charge in [-0.2, -0.15) is 0 Å². The maximum atomic E-state index is 11.8. The van der Waals surface area contributed by atoms with Gasteiger partial charge in [-0.3, -0.25) is 4.79 Å². The smallest absolute Gasteiger partial charge is 0.225 e. The molecule has 1 aromatic rings. The van der Waals surface area contributed by atoms with Crippen LogP contribution in [-0.4, -0.2) is 37.6 Å². The molecular formula is C14H21ClN2O2. The van der Waals surface area contributed by atoms with Crippen molar-refractivity contribution in [3.63, 3.8) is 0 Å². The Kier molecular flexibility index (Phi) is 6.67. The second-order valence-electron chi connectivity index (χ2n) is 4.55. The molecule has 5 heteroatoms. The third-order valence-corrected chi connectivity index (χ3v) is 3.23. The van der Waals surface area contributed by atoms with Crippen LogP contribution in [0.5, 0.6) is 5.75 Å². The van der Waals surface area contributed by atoms with Crippen LogP contribution in [-0.2, 0) is 4.79 Å². The molecule has 4 nitrogen and oxygen atoms in total. The molecule has 0 atom stereocenters. The van der Waals surface area contributed by atoms with Gasteiger partial charge in [-0.1, -0.05) is 12.1 Å². The first-order valence-electron chi connectivity index (χ1n) is 6.45. The number of anilines is 1. The Bertz CT molecular complexity index is 406. The van der Waals surface area contributed by atoms with E-state index < -0.39 is 0 Å². The highest BCUT2D eigenvalue weighted by molar-refractivity contribution is 5.92. The Morgan fingerprint density at radius 3 is 2.68 bits per heavy atom. The van der Waals surface area contributed by atoms with Crippen LogP contribution in [0.3, 0.4) is 0 Å². The van der Waals surface area contributed by atoms with E-state index in [1.54, 1.807) is 7.11 Å². The summed E-state index contributed by atoms with van der Waals surface area (Å²) in [6.45, 7) is 3.10. The molecule has 0 aromatic heterocycles. The normalized spacial score (nSPS) is 14.8. The number of likely N-dealkylation sites (tertiary alicyclic amines) is 1. The number of nitrogens with one attached hydrogen (secondary N) is 1. The lowest BCUT2D eigenvalue weighted by Crippen LogP contribution is -2.25. The van der Waals surface area contributed by atoms with Crippen molar-refractivity contribution >= 4 is 24.0 Å². The topological polar surface area (TPSA) is 41.6 Å². The van der Waals surface area contributed by atoms with Crippen LogP contribution in [0.1, 0.15) is 19.3 Å². The monoisotopic (exact) mass is 284 g/mol. The number of carbonyl (C=O) groups excluding carboxylic acids is 1. The van der Waals surface area contributed by atoms with Crippen LogP contribution in [0.4, 0.5) is 5.69 Å². The van der Waals surface area contributed by atoms with E-state index in [0.29, 0.717) is 12.2 Å². The fraction of sp³-hybridized carbons (Fsp3) is 0.500. The minimum Gasteiger partial charge on any atom is -0.495 e. The van der Waals surface area contributed by atoms with Crippen LogP contribution in [0, 0.1) is 0 Å². The molecule has 0 bridgehead atoms. The highest BCUT2D eigenvalue weighted by atomic mass is 35.5. The number of amides is 1. The van der Waals surface area contributed by atoms with Crippen molar-refractivity contribution in [1.29, 1.82) is 0 Å². The summed E-state index contributed by atoms with van der Waals surface area (Å²) in [6.07, 6.45) is 3.06. The lowest BCUT2D eigenvalue weighted by atomic mass is 10.2. The standard InChI is InChI=1S/C14H20N2O2.ClH/c1-18-13-7-3-2-6-12(13)15-14(17)8-11-16-9-4-5-10-16;/h2-3,6-7H,4-5,8-11H2,1H3,(H,15,17);1H. The van der Waals surface area contributed by atoms with Gasteiger partial charge in [0.15, 0.2) is 0 Å². The first-order valence-corrected chi connectivity index (χ1v) is 6.45. The molecule has 0 aliphatic carbocycles. The van der Waals surface area contributed by atoms with E-state index in [-0.39, 0.29) is 18.3 Å². The number of benzene rings is 1. The fourth-order valence-electron chi connectivity index (χ4n) is 2.23. The Labute approximate surface area is 120 Å². The zero-order valence-electron chi connectivity index (χ0n) is 11.2. The minimum atomic E-state index is 0. The Morgan fingerprint density at radius 2 is 2.00 bits per heavy atom. The predicted octanol–water partition coefficient (Wildman–Crippen LogP) is 2.54. The van der Waals surface area contributed by atoms with Crippen LogP contribution in [0.2, 0.25) is 0 Å². The van der Waals surface area contributed by atoms with Crippen molar-refractivity contribution in [2.45, 2.75) is 19.3 Å². The third-order valence-electron chi connectivity index (χ3n) is 3.23. The second kappa shape index (κ2) is 8.02. The van der Waals surface area contributed by atoms with Crippen LogP contribution < -0.4 is 10.1 Å². The molecule has 1 heterocycles. The number of ether oxygens (including phenoxy) is 1. The van der Waals surface area contributed by atoms with Crippen molar-refractivity contribution in [3.05, 3.63) is 24.3 Å². The maximum absolute atomic E-state index is 11.8. The zero-order chi connectivity index (χ0) is 12.8. The molecule has 0 spiro atoms. The molecule has 0 saturated carbocycles. The van der Waals surface area contributed by atoms with E-state index >= 15 is 0 Å². The number of methoxy groups -OCH3 is 1. The Morgan fingerprint density at radius 1 is 1.32 bits per heavy atom. The molecule has 1 saturated heterocycles. The van der Waals surface area contributed by atoms with E-state index in [4.69, 9.17) is 4.74 Å². The van der Waals surface area contributed by atoms with Gasteiger partial charge in [0.05, 0.1) is 12.8 Å². The highest BCUT2D eigenvalue weighted by Crippen LogP contribution is 2.23. The first kappa shape index (κ1) is 15.8. The third kappa shape index (κ3) is 4.73. The van der Waals surface area contributed by atoms with Gasteiger partial charge in [-0.25, -0.2) is 0 Å². The van der Waals surface area contributed by atoms with E-state index in [1.807, 2.05) is 24.3 Å². The maximum Gasteiger partial charge on any atom is 0.225 e. The van der Waals surface area contributed by atoms with E-state index in [9.17, 15) is 4.79 Å². The zero-order valence-corrected chi connectivity index (χ0v) is 12.0. The Balaban J connectivity index is 0.00000180. The number of hydrogen-bond acceptors (Lipinski definition) is 3. The van der Waals surface area contributed by atoms with Gasteiger partial charge in [-0.05, 0) is 38.1 Å². The molecule has 1 aromatic carbocycles. The van der Waals surface area contributed by atoms with Crippen molar-refractivity contribution in [3.8, 4) is 5.75 Å². The lowest BCUT2D eigenvalue weighted by Gasteiger charge is -2.14. The quantitative estimate of drug-likeness (QED) is 0.903. The molecule has 0 radical (unpaired) electrons. The van der Waals surface area contributed by atoms with Crippen molar-refractivity contribution in [2.24, 2.45) is 0 Å². The summed E-state index contributed by atoms with van der Waals surface area (Å²) in [5, 5.41) is 2.89. The van der Waals surface area contributed by atoms with E-state index in [0.717, 1.165) is 25.3 Å². The molecular weight excluding hydrogens is 264 g/mol. The molecule has 1 aliphatic heterocycles. The molecule has 106 valence electrons. The molecule has 2 rings (SSSR count). The number of rotatable bonds is 5. The summed E-state index contributed by atoms with van der Waals surface area (Å²) < 4.78 is 5.20. The summed E-state index contributed by atoms with van der Waals surface area (Å²) in [6, 6.07) is 7.47. The largest absolute Gasteiger partial charge is 0.495 e. The number of para-hydroxylation sites is 2. The fourth-order valence-corrected chi connectivity index (χ4v) is 2.23. The molecule has 1 N–H and O–H groups in total. The molecule has 1 aliphatic rings. The number of carbonyl (C=O) groups is 1. The Hall–Kier alpha value is -1.26. The average molecular weight is 285 g/mol. The summed E-state index contributed by atoms with van der Waals surface area (Å²) in [5.74, 6) is 0.749. The second-order valence-corrected chi connectivity index (χ2v) is 4.55. The van der Waals surface area contributed by atoms with Crippen LogP contribution in [0.25, 0.3) is 0 Å². The minimum absolute atomic E-state index is 0. The summed E-state index contributed by atoms with van der Waals surface area (Å²) >= 11 is 0. The number of halogens is 1. The van der Waals surface area contributed by atoms with Gasteiger partial charge >= 0.3 is 0 Å². The van der Waals surface area contributed by atoms with Gasteiger partial charge in [0.25, 0.3) is 0 Å². The number of nitrogens with zero attached hydrogens (tertiary/aromatic N) is 1. The van der Waals surface area contributed by atoms with Gasteiger partial charge < -0.3 is 15.0 Å². The van der Waals surface area contributed by atoms with Crippen molar-refractivity contribution in [1.82, 2.24) is 4.90 Å². The highest BCUT2D eigenvalue weighted by Gasteiger charge is 2.13. The predicted molar refractivity (Wildman–Crippen MR) is 79.2 cm³/mol. The van der Waals surface area contributed by atoms with Gasteiger partial charge in [0, 0.05) is 13.0 Å². The van der Waals surface area contributed by atoms with E-state index in [2.05, 4.69) is 10.2 Å². The van der Waals surface area contributed by atoms with Gasteiger partial charge in [-0.15, -0.1) is 12.4 Å². The summed E-state index contributed by atoms with van der Waals surface area (Å²) in [4.78, 5) is 14.2. The van der Waals surface area contributed by atoms with Crippen LogP contribution in [0.15, 0.2) is 24.3 Å². The summed E-state index contributed by atoms with van der Waals surface area (Å²) in [5.41, 5.74) is 0.742. The van der Waals surface area contributed by atoms with E-state index in [1.165, 1.54) is 12.8 Å². The van der Waals surface area contributed by atoms with Gasteiger partial charge in [0.1, 0.15) is 5.75 Å². The molecule has 19 heavy (non-hydrogen) atoms. The van der Waals surface area contributed by atoms with Crippen molar-refractivity contribution in [2.75, 3.05) is 32.1 Å². The number of hydrogen-bond donors (Lipinski definition) is 1. The van der Waals surface area contributed by atoms with Crippen LogP contribution >= 0.6 is 12.4 Å². The first-order chi connectivity index (χ1) is 8.79. The molecule has 0 unspecified atom stereocenters. The van der Waals surface area contributed by atoms with Crippen molar-refractivity contribution < 1.29 is 9.53 Å².